The first-order chi connectivity index (χ1) is 8.67. The third-order valence-electron chi connectivity index (χ3n) is 3.72. The number of imidazole rings is 1. The van der Waals surface area contributed by atoms with Crippen molar-refractivity contribution in [3.05, 3.63) is 18.7 Å². The molecule has 0 radical (unpaired) electrons. The van der Waals surface area contributed by atoms with Crippen molar-refractivity contribution in [3.63, 3.8) is 0 Å². The lowest BCUT2D eigenvalue weighted by Gasteiger charge is -2.31. The Hall–Kier alpha value is -1.36. The van der Waals surface area contributed by atoms with E-state index >= 15 is 0 Å². The highest BCUT2D eigenvalue weighted by Gasteiger charge is 2.36. The van der Waals surface area contributed by atoms with Crippen LogP contribution in [-0.2, 0) is 9.53 Å². The summed E-state index contributed by atoms with van der Waals surface area (Å²) in [6, 6.07) is -0.234. The van der Waals surface area contributed by atoms with Crippen LogP contribution in [0.25, 0.3) is 0 Å². The van der Waals surface area contributed by atoms with Crippen molar-refractivity contribution in [2.24, 2.45) is 0 Å². The number of nitrogens with zero attached hydrogens (tertiary/aromatic N) is 2. The molecule has 0 saturated heterocycles. The summed E-state index contributed by atoms with van der Waals surface area (Å²) in [5.74, 6) is 0.0342. The third kappa shape index (κ3) is 2.72. The summed E-state index contributed by atoms with van der Waals surface area (Å²) in [5, 5.41) is 3.17. The van der Waals surface area contributed by atoms with Gasteiger partial charge in [-0.05, 0) is 19.8 Å². The zero-order valence-corrected chi connectivity index (χ0v) is 11.1. The number of hydrogen-bond acceptors (Lipinski definition) is 3. The molecule has 1 saturated carbocycles. The van der Waals surface area contributed by atoms with Crippen molar-refractivity contribution < 1.29 is 9.53 Å². The lowest BCUT2D eigenvalue weighted by Crippen LogP contribution is -2.51. The maximum atomic E-state index is 12.3. The van der Waals surface area contributed by atoms with Gasteiger partial charge in [0.2, 0.25) is 5.91 Å². The van der Waals surface area contributed by atoms with E-state index < -0.39 is 0 Å². The fraction of sp³-hybridized carbons (Fsp3) is 0.692. The highest BCUT2D eigenvalue weighted by molar-refractivity contribution is 5.80. The van der Waals surface area contributed by atoms with Gasteiger partial charge in [-0.25, -0.2) is 4.98 Å². The molecule has 1 amide bonds. The number of carbonyl (C=O) groups is 1. The fourth-order valence-electron chi connectivity index (χ4n) is 2.63. The molecule has 1 fully saturated rings. The quantitative estimate of drug-likeness (QED) is 0.863. The van der Waals surface area contributed by atoms with Crippen LogP contribution in [-0.4, -0.2) is 34.7 Å². The molecule has 1 aromatic heterocycles. The summed E-state index contributed by atoms with van der Waals surface area (Å²) in [5.41, 5.74) is -0.166. The Kier molecular flexibility index (Phi) is 4.01. The van der Waals surface area contributed by atoms with Crippen molar-refractivity contribution in [2.45, 2.75) is 44.2 Å². The van der Waals surface area contributed by atoms with E-state index in [4.69, 9.17) is 4.74 Å². The second kappa shape index (κ2) is 5.52. The van der Waals surface area contributed by atoms with Crippen molar-refractivity contribution in [1.29, 1.82) is 0 Å². The molecule has 1 atom stereocenters. The van der Waals surface area contributed by atoms with Gasteiger partial charge in [-0.2, -0.15) is 0 Å². The molecule has 18 heavy (non-hydrogen) atoms. The predicted octanol–water partition coefficient (Wildman–Crippen LogP) is 1.52. The van der Waals surface area contributed by atoms with Crippen LogP contribution in [0.1, 0.15) is 38.6 Å². The Balaban J connectivity index is 2.01. The van der Waals surface area contributed by atoms with Crippen molar-refractivity contribution in [1.82, 2.24) is 14.9 Å². The molecule has 1 N–H and O–H groups in total. The van der Waals surface area contributed by atoms with Crippen LogP contribution in [0, 0.1) is 0 Å². The van der Waals surface area contributed by atoms with Crippen LogP contribution in [0.5, 0.6) is 0 Å². The van der Waals surface area contributed by atoms with Crippen LogP contribution in [0.4, 0.5) is 0 Å². The first kappa shape index (κ1) is 13.1. The molecule has 0 aliphatic heterocycles. The zero-order valence-electron chi connectivity index (χ0n) is 11.1. The monoisotopic (exact) mass is 251 g/mol. The van der Waals surface area contributed by atoms with E-state index in [1.807, 2.05) is 17.7 Å². The van der Waals surface area contributed by atoms with Crippen molar-refractivity contribution >= 4 is 5.91 Å². The second-order valence-electron chi connectivity index (χ2n) is 5.10. The Morgan fingerprint density at radius 3 is 2.83 bits per heavy atom. The smallest absolute Gasteiger partial charge is 0.243 e. The topological polar surface area (TPSA) is 56.1 Å². The molecule has 0 spiro atoms. The normalized spacial score (nSPS) is 19.7. The maximum absolute atomic E-state index is 12.3. The standard InChI is InChI=1S/C13H21N3O2/c1-11(16-8-7-14-10-16)12(17)15-13(9-18-2)5-3-4-6-13/h7-8,10-11H,3-6,9H2,1-2H3,(H,15,17)/t11-/m1/s1. The van der Waals surface area contributed by atoms with Crippen LogP contribution < -0.4 is 5.32 Å². The third-order valence-corrected chi connectivity index (χ3v) is 3.72. The van der Waals surface area contributed by atoms with Crippen molar-refractivity contribution in [2.75, 3.05) is 13.7 Å². The molecule has 0 unspecified atom stereocenters. The first-order valence-electron chi connectivity index (χ1n) is 6.45. The molecule has 1 aliphatic carbocycles. The number of ether oxygens (including phenoxy) is 1. The lowest BCUT2D eigenvalue weighted by molar-refractivity contribution is -0.126. The number of hydrogen-bond donors (Lipinski definition) is 1. The maximum Gasteiger partial charge on any atom is 0.243 e. The second-order valence-corrected chi connectivity index (χ2v) is 5.10. The largest absolute Gasteiger partial charge is 0.382 e. The van der Waals surface area contributed by atoms with E-state index in [0.717, 1.165) is 25.7 Å². The first-order valence-corrected chi connectivity index (χ1v) is 6.45. The van der Waals surface area contributed by atoms with E-state index in [1.165, 1.54) is 0 Å². The Morgan fingerprint density at radius 2 is 2.28 bits per heavy atom. The van der Waals surface area contributed by atoms with E-state index in [-0.39, 0.29) is 17.5 Å². The summed E-state index contributed by atoms with van der Waals surface area (Å²) < 4.78 is 7.08. The molecule has 5 heteroatoms. The van der Waals surface area contributed by atoms with E-state index in [1.54, 1.807) is 19.6 Å². The van der Waals surface area contributed by atoms with Gasteiger partial charge in [-0.3, -0.25) is 4.79 Å². The summed E-state index contributed by atoms with van der Waals surface area (Å²) >= 11 is 0. The molecule has 1 heterocycles. The lowest BCUT2D eigenvalue weighted by atomic mass is 9.98. The number of nitrogens with one attached hydrogen (secondary N) is 1. The minimum atomic E-state index is -0.234. The SMILES string of the molecule is COCC1(NC(=O)[C@@H](C)n2ccnc2)CCCC1. The van der Waals surface area contributed by atoms with E-state index in [0.29, 0.717) is 6.61 Å². The van der Waals surface area contributed by atoms with Gasteiger partial charge in [0.15, 0.2) is 0 Å². The minimum Gasteiger partial charge on any atom is -0.382 e. The molecular weight excluding hydrogens is 230 g/mol. The average molecular weight is 251 g/mol. The van der Waals surface area contributed by atoms with Gasteiger partial charge in [0, 0.05) is 19.5 Å². The molecule has 1 aromatic rings. The van der Waals surface area contributed by atoms with E-state index in [9.17, 15) is 4.79 Å². The number of rotatable bonds is 5. The van der Waals surface area contributed by atoms with Gasteiger partial charge in [0.1, 0.15) is 6.04 Å². The van der Waals surface area contributed by atoms with Crippen LogP contribution in [0.15, 0.2) is 18.7 Å². The number of amides is 1. The molecule has 100 valence electrons. The highest BCUT2D eigenvalue weighted by atomic mass is 16.5. The molecular formula is C13H21N3O2. The van der Waals surface area contributed by atoms with Crippen LogP contribution in [0.2, 0.25) is 0 Å². The van der Waals surface area contributed by atoms with E-state index in [2.05, 4.69) is 10.3 Å². The summed E-state index contributed by atoms with van der Waals surface area (Å²) in [7, 11) is 1.69. The summed E-state index contributed by atoms with van der Waals surface area (Å²) in [6.45, 7) is 2.47. The molecule has 0 aromatic carbocycles. The van der Waals surface area contributed by atoms with Gasteiger partial charge in [0.25, 0.3) is 0 Å². The summed E-state index contributed by atoms with van der Waals surface area (Å²) in [6.07, 6.45) is 9.48. The van der Waals surface area contributed by atoms with Gasteiger partial charge in [-0.15, -0.1) is 0 Å². The average Bonchev–Trinajstić information content (AvgIpc) is 2.99. The van der Waals surface area contributed by atoms with Gasteiger partial charge >= 0.3 is 0 Å². The number of methoxy groups -OCH3 is 1. The van der Waals surface area contributed by atoms with Gasteiger partial charge in [-0.1, -0.05) is 12.8 Å². The molecule has 0 bridgehead atoms. The molecule has 1 aliphatic rings. The number of aromatic nitrogens is 2. The zero-order chi connectivity index (χ0) is 13.0. The predicted molar refractivity (Wildman–Crippen MR) is 68.2 cm³/mol. The van der Waals surface area contributed by atoms with Crippen LogP contribution in [0.3, 0.4) is 0 Å². The Morgan fingerprint density at radius 1 is 1.56 bits per heavy atom. The Labute approximate surface area is 108 Å². The summed E-state index contributed by atoms with van der Waals surface area (Å²) in [4.78, 5) is 16.2. The molecule has 5 nitrogen and oxygen atoms in total. The Bertz CT molecular complexity index is 383. The van der Waals surface area contributed by atoms with Crippen LogP contribution >= 0.6 is 0 Å². The van der Waals surface area contributed by atoms with Gasteiger partial charge < -0.3 is 14.6 Å². The van der Waals surface area contributed by atoms with Gasteiger partial charge in [0.05, 0.1) is 18.5 Å². The van der Waals surface area contributed by atoms with Crippen molar-refractivity contribution in [3.8, 4) is 0 Å². The molecule has 2 rings (SSSR count). The minimum absolute atomic E-state index is 0.0342. The fourth-order valence-corrected chi connectivity index (χ4v) is 2.63. The number of carbonyl (C=O) groups excluding carboxylic acids is 1. The highest BCUT2D eigenvalue weighted by Crippen LogP contribution is 2.30.